The molecule has 0 amide bonds. The van der Waals surface area contributed by atoms with E-state index in [-0.39, 0.29) is 5.82 Å². The van der Waals surface area contributed by atoms with Gasteiger partial charge in [0.2, 0.25) is 0 Å². The van der Waals surface area contributed by atoms with Gasteiger partial charge in [0.1, 0.15) is 0 Å². The summed E-state index contributed by atoms with van der Waals surface area (Å²) in [6.45, 7) is 4.13. The zero-order valence-electron chi connectivity index (χ0n) is 11.8. The van der Waals surface area contributed by atoms with Crippen LogP contribution >= 0.6 is 0 Å². The standard InChI is InChI=1S/C15H23FN2O/c1-18(8-6-12-5-7-17-10-12)11-13-3-4-15(19-2)14(16)9-13/h3-4,9,12,17H,5-8,10-11H2,1-2H3. The molecule has 1 atom stereocenters. The van der Waals surface area contributed by atoms with Crippen molar-refractivity contribution in [1.82, 2.24) is 10.2 Å². The maximum Gasteiger partial charge on any atom is 0.165 e. The lowest BCUT2D eigenvalue weighted by Crippen LogP contribution is -2.22. The molecule has 1 aliphatic heterocycles. The van der Waals surface area contributed by atoms with Crippen LogP contribution < -0.4 is 10.1 Å². The van der Waals surface area contributed by atoms with Crippen molar-refractivity contribution in [1.29, 1.82) is 0 Å². The first kappa shape index (κ1) is 14.3. The van der Waals surface area contributed by atoms with Crippen molar-refractivity contribution in [3.05, 3.63) is 29.6 Å². The van der Waals surface area contributed by atoms with Gasteiger partial charge in [0.15, 0.2) is 11.6 Å². The first-order chi connectivity index (χ1) is 9.19. The average Bonchev–Trinajstić information content (AvgIpc) is 2.90. The van der Waals surface area contributed by atoms with E-state index >= 15 is 0 Å². The summed E-state index contributed by atoms with van der Waals surface area (Å²) in [6, 6.07) is 5.18. The van der Waals surface area contributed by atoms with Crippen molar-refractivity contribution in [2.75, 3.05) is 33.8 Å². The Bertz CT molecular complexity index is 405. The van der Waals surface area contributed by atoms with Crippen molar-refractivity contribution >= 4 is 0 Å². The summed E-state index contributed by atoms with van der Waals surface area (Å²) in [5.41, 5.74) is 0.991. The molecule has 0 aromatic heterocycles. The van der Waals surface area contributed by atoms with E-state index < -0.39 is 0 Å². The van der Waals surface area contributed by atoms with Gasteiger partial charge >= 0.3 is 0 Å². The molecular formula is C15H23FN2O. The molecule has 1 N–H and O–H groups in total. The normalized spacial score (nSPS) is 19.1. The van der Waals surface area contributed by atoms with Crippen LogP contribution in [0.3, 0.4) is 0 Å². The van der Waals surface area contributed by atoms with Gasteiger partial charge < -0.3 is 15.0 Å². The van der Waals surface area contributed by atoms with Crippen molar-refractivity contribution in [3.63, 3.8) is 0 Å². The van der Waals surface area contributed by atoms with Crippen LogP contribution in [0.5, 0.6) is 5.75 Å². The summed E-state index contributed by atoms with van der Waals surface area (Å²) in [5.74, 6) is 0.826. The quantitative estimate of drug-likeness (QED) is 0.855. The largest absolute Gasteiger partial charge is 0.494 e. The lowest BCUT2D eigenvalue weighted by atomic mass is 10.0. The first-order valence-corrected chi connectivity index (χ1v) is 6.90. The molecule has 0 bridgehead atoms. The van der Waals surface area contributed by atoms with E-state index in [1.165, 1.54) is 20.0 Å². The molecule has 1 unspecified atom stereocenters. The highest BCUT2D eigenvalue weighted by Crippen LogP contribution is 2.19. The Balaban J connectivity index is 1.80. The zero-order valence-corrected chi connectivity index (χ0v) is 11.8. The third-order valence-corrected chi connectivity index (χ3v) is 3.75. The fraction of sp³-hybridized carbons (Fsp3) is 0.600. The number of methoxy groups -OCH3 is 1. The van der Waals surface area contributed by atoms with E-state index in [9.17, 15) is 4.39 Å². The van der Waals surface area contributed by atoms with Crippen LogP contribution in [0, 0.1) is 11.7 Å². The van der Waals surface area contributed by atoms with Gasteiger partial charge in [-0.2, -0.15) is 0 Å². The Labute approximate surface area is 114 Å². The van der Waals surface area contributed by atoms with E-state index in [1.807, 2.05) is 6.07 Å². The summed E-state index contributed by atoms with van der Waals surface area (Å²) >= 11 is 0. The summed E-state index contributed by atoms with van der Waals surface area (Å²) in [6.07, 6.45) is 2.49. The van der Waals surface area contributed by atoms with Gasteiger partial charge in [-0.05, 0) is 63.1 Å². The van der Waals surface area contributed by atoms with E-state index in [0.717, 1.165) is 37.7 Å². The molecule has 4 heteroatoms. The third-order valence-electron chi connectivity index (χ3n) is 3.75. The van der Waals surface area contributed by atoms with Gasteiger partial charge in [-0.1, -0.05) is 6.07 Å². The minimum atomic E-state index is -0.284. The lowest BCUT2D eigenvalue weighted by molar-refractivity contribution is 0.297. The van der Waals surface area contributed by atoms with Crippen LogP contribution in [0.4, 0.5) is 4.39 Å². The second-order valence-corrected chi connectivity index (χ2v) is 5.35. The van der Waals surface area contributed by atoms with Crippen molar-refractivity contribution in [2.24, 2.45) is 5.92 Å². The second kappa shape index (κ2) is 6.87. The van der Waals surface area contributed by atoms with Crippen molar-refractivity contribution < 1.29 is 9.13 Å². The molecule has 0 spiro atoms. The van der Waals surface area contributed by atoms with Gasteiger partial charge in [0, 0.05) is 6.54 Å². The molecule has 0 aliphatic carbocycles. The van der Waals surface area contributed by atoms with E-state index in [4.69, 9.17) is 4.74 Å². The van der Waals surface area contributed by atoms with Gasteiger partial charge in [0.25, 0.3) is 0 Å². The maximum absolute atomic E-state index is 13.6. The fourth-order valence-electron chi connectivity index (χ4n) is 2.56. The zero-order chi connectivity index (χ0) is 13.7. The number of hydrogen-bond acceptors (Lipinski definition) is 3. The number of nitrogens with zero attached hydrogens (tertiary/aromatic N) is 1. The Morgan fingerprint density at radius 3 is 2.95 bits per heavy atom. The number of hydrogen-bond donors (Lipinski definition) is 1. The Kier molecular flexibility index (Phi) is 5.16. The predicted molar refractivity (Wildman–Crippen MR) is 74.9 cm³/mol. The lowest BCUT2D eigenvalue weighted by Gasteiger charge is -2.19. The highest BCUT2D eigenvalue weighted by atomic mass is 19.1. The second-order valence-electron chi connectivity index (χ2n) is 5.35. The molecule has 0 radical (unpaired) electrons. The number of benzene rings is 1. The van der Waals surface area contributed by atoms with Gasteiger partial charge in [-0.15, -0.1) is 0 Å². The third kappa shape index (κ3) is 4.18. The van der Waals surface area contributed by atoms with Crippen LogP contribution in [-0.2, 0) is 6.54 Å². The maximum atomic E-state index is 13.6. The topological polar surface area (TPSA) is 24.5 Å². The van der Waals surface area contributed by atoms with Crippen LogP contribution in [-0.4, -0.2) is 38.7 Å². The summed E-state index contributed by atoms with van der Waals surface area (Å²) < 4.78 is 18.5. The molecular weight excluding hydrogens is 243 g/mol. The minimum absolute atomic E-state index is 0.284. The fourth-order valence-corrected chi connectivity index (χ4v) is 2.56. The molecule has 1 aromatic carbocycles. The van der Waals surface area contributed by atoms with E-state index in [1.54, 1.807) is 12.1 Å². The van der Waals surface area contributed by atoms with E-state index in [2.05, 4.69) is 17.3 Å². The highest BCUT2D eigenvalue weighted by molar-refractivity contribution is 5.29. The van der Waals surface area contributed by atoms with Crippen LogP contribution in [0.2, 0.25) is 0 Å². The van der Waals surface area contributed by atoms with E-state index in [0.29, 0.717) is 5.75 Å². The first-order valence-electron chi connectivity index (χ1n) is 6.90. The van der Waals surface area contributed by atoms with Crippen LogP contribution in [0.15, 0.2) is 18.2 Å². The molecule has 1 fully saturated rings. The minimum Gasteiger partial charge on any atom is -0.494 e. The molecule has 1 aromatic rings. The monoisotopic (exact) mass is 266 g/mol. The molecule has 0 saturated carbocycles. The molecule has 19 heavy (non-hydrogen) atoms. The molecule has 106 valence electrons. The Hall–Kier alpha value is -1.13. The number of nitrogens with one attached hydrogen (secondary N) is 1. The van der Waals surface area contributed by atoms with Crippen molar-refractivity contribution in [2.45, 2.75) is 19.4 Å². The number of rotatable bonds is 6. The van der Waals surface area contributed by atoms with Crippen molar-refractivity contribution in [3.8, 4) is 5.75 Å². The molecule has 2 rings (SSSR count). The summed E-state index contributed by atoms with van der Waals surface area (Å²) in [4.78, 5) is 2.25. The van der Waals surface area contributed by atoms with Gasteiger partial charge in [-0.3, -0.25) is 0 Å². The van der Waals surface area contributed by atoms with Crippen LogP contribution in [0.1, 0.15) is 18.4 Å². The number of ether oxygens (including phenoxy) is 1. The van der Waals surface area contributed by atoms with Gasteiger partial charge in [-0.25, -0.2) is 4.39 Å². The van der Waals surface area contributed by atoms with Gasteiger partial charge in [0.05, 0.1) is 7.11 Å². The molecule has 1 heterocycles. The summed E-state index contributed by atoms with van der Waals surface area (Å²) in [5, 5.41) is 3.38. The highest BCUT2D eigenvalue weighted by Gasteiger charge is 2.14. The Morgan fingerprint density at radius 2 is 2.32 bits per heavy atom. The predicted octanol–water partition coefficient (Wildman–Crippen LogP) is 2.27. The molecule has 1 aliphatic rings. The summed E-state index contributed by atoms with van der Waals surface area (Å²) in [7, 11) is 3.57. The number of halogens is 1. The SMILES string of the molecule is COc1ccc(CN(C)CCC2CCNC2)cc1F. The Morgan fingerprint density at radius 1 is 1.47 bits per heavy atom. The molecule has 3 nitrogen and oxygen atoms in total. The van der Waals surface area contributed by atoms with Crippen LogP contribution in [0.25, 0.3) is 0 Å². The smallest absolute Gasteiger partial charge is 0.165 e. The average molecular weight is 266 g/mol. The molecule has 1 saturated heterocycles.